The van der Waals surface area contributed by atoms with Crippen LogP contribution in [-0.4, -0.2) is 80.6 Å². The van der Waals surface area contributed by atoms with E-state index in [4.69, 9.17) is 14.2 Å². The van der Waals surface area contributed by atoms with E-state index in [0.29, 0.717) is 19.3 Å². The fourth-order valence-electron chi connectivity index (χ4n) is 6.45. The van der Waals surface area contributed by atoms with E-state index in [9.17, 15) is 19.5 Å². The minimum Gasteiger partial charge on any atom is -0.477 e. The van der Waals surface area contributed by atoms with Gasteiger partial charge in [0.15, 0.2) is 12.1 Å². The van der Waals surface area contributed by atoms with Crippen molar-refractivity contribution in [3.63, 3.8) is 0 Å². The van der Waals surface area contributed by atoms with E-state index >= 15 is 0 Å². The molecule has 0 spiro atoms. The van der Waals surface area contributed by atoms with Gasteiger partial charge in [-0.25, -0.2) is 4.79 Å². The minimum atomic E-state index is -0.877. The Balaban J connectivity index is 4.30. The van der Waals surface area contributed by atoms with Crippen molar-refractivity contribution in [1.29, 1.82) is 0 Å². The van der Waals surface area contributed by atoms with Gasteiger partial charge < -0.3 is 23.8 Å². The smallest absolute Gasteiger partial charge is 0.362 e. The van der Waals surface area contributed by atoms with Crippen molar-refractivity contribution in [1.82, 2.24) is 0 Å². The van der Waals surface area contributed by atoms with Crippen LogP contribution in [0.5, 0.6) is 0 Å². The van der Waals surface area contributed by atoms with Crippen LogP contribution in [0.3, 0.4) is 0 Å². The van der Waals surface area contributed by atoms with E-state index in [0.717, 1.165) is 70.6 Å². The van der Waals surface area contributed by atoms with Crippen LogP contribution >= 0.6 is 0 Å². The summed E-state index contributed by atoms with van der Waals surface area (Å²) >= 11 is 0. The van der Waals surface area contributed by atoms with Crippen LogP contribution in [0.25, 0.3) is 0 Å². The van der Waals surface area contributed by atoms with Gasteiger partial charge in [-0.3, -0.25) is 9.59 Å². The van der Waals surface area contributed by atoms with E-state index in [1.54, 1.807) is 0 Å². The number of allylic oxidation sites excluding steroid dienone is 8. The maximum atomic E-state index is 12.7. The molecule has 8 nitrogen and oxygen atoms in total. The molecule has 1 N–H and O–H groups in total. The molecule has 2 unspecified atom stereocenters. The van der Waals surface area contributed by atoms with Gasteiger partial charge in [-0.1, -0.05) is 146 Å². The Bertz CT molecular complexity index is 1060. The van der Waals surface area contributed by atoms with Gasteiger partial charge >= 0.3 is 17.9 Å². The number of carbonyl (C=O) groups is 3. The summed E-state index contributed by atoms with van der Waals surface area (Å²) in [5.41, 5.74) is 0. The van der Waals surface area contributed by atoms with Crippen LogP contribution in [-0.2, 0) is 28.6 Å². The molecule has 324 valence electrons. The second kappa shape index (κ2) is 39.1. The Morgan fingerprint density at radius 3 is 1.50 bits per heavy atom. The predicted molar refractivity (Wildman–Crippen MR) is 234 cm³/mol. The number of esters is 2. The van der Waals surface area contributed by atoms with Gasteiger partial charge in [0, 0.05) is 19.3 Å². The maximum Gasteiger partial charge on any atom is 0.362 e. The number of rotatable bonds is 40. The van der Waals surface area contributed by atoms with Crippen LogP contribution in [0, 0.1) is 0 Å². The van der Waals surface area contributed by atoms with Crippen LogP contribution < -0.4 is 0 Å². The molecule has 0 aliphatic rings. The summed E-state index contributed by atoms with van der Waals surface area (Å²) in [6.45, 7) is 4.59. The lowest BCUT2D eigenvalue weighted by Crippen LogP contribution is -2.50. The molecule has 0 aliphatic heterocycles. The number of carbonyl (C=O) groups excluding carboxylic acids is 2. The predicted octanol–water partition coefficient (Wildman–Crippen LogP) is 12.4. The normalized spacial score (nSPS) is 13.4. The Morgan fingerprint density at radius 2 is 1.00 bits per heavy atom. The summed E-state index contributed by atoms with van der Waals surface area (Å²) in [6, 6.07) is -0.616. The molecule has 0 fully saturated rings. The zero-order valence-electron chi connectivity index (χ0n) is 36.8. The van der Waals surface area contributed by atoms with E-state index < -0.39 is 18.1 Å². The Labute approximate surface area is 344 Å². The van der Waals surface area contributed by atoms with Crippen molar-refractivity contribution in [2.24, 2.45) is 0 Å². The molecule has 0 aromatic carbocycles. The van der Waals surface area contributed by atoms with E-state index in [2.05, 4.69) is 62.5 Å². The summed E-state index contributed by atoms with van der Waals surface area (Å²) in [5, 5.41) is 9.62. The van der Waals surface area contributed by atoms with Crippen molar-refractivity contribution in [2.75, 3.05) is 41.0 Å². The SMILES string of the molecule is CC/C=C/C/C=C/C/C=C/CCCCCCCCCCCCC(=O)OC(COCCC(C(=O)O)[N+](C)(C)C)COC(=O)CCCCCCC/C=C/CCCCC. The van der Waals surface area contributed by atoms with Gasteiger partial charge in [0.2, 0.25) is 0 Å². The quantitative estimate of drug-likeness (QED) is 0.0286. The maximum absolute atomic E-state index is 12.7. The molecule has 0 aliphatic carbocycles. The first-order valence-electron chi connectivity index (χ1n) is 22.7. The van der Waals surface area contributed by atoms with Crippen LogP contribution in [0.1, 0.15) is 187 Å². The second-order valence-corrected chi connectivity index (χ2v) is 16.3. The molecular formula is C48H86NO7+. The van der Waals surface area contributed by atoms with Gasteiger partial charge in [0.1, 0.15) is 6.61 Å². The Hall–Kier alpha value is -2.71. The molecule has 2 atom stereocenters. The molecule has 0 amide bonds. The highest BCUT2D eigenvalue weighted by Crippen LogP contribution is 2.14. The van der Waals surface area contributed by atoms with Crippen LogP contribution in [0.2, 0.25) is 0 Å². The lowest BCUT2D eigenvalue weighted by atomic mass is 10.0. The lowest BCUT2D eigenvalue weighted by Gasteiger charge is -2.31. The molecule has 0 saturated heterocycles. The third-order valence-corrected chi connectivity index (χ3v) is 9.96. The standard InChI is InChI=1S/C48H85NO7/c1-6-8-10-12-14-16-18-20-21-22-23-24-25-26-27-29-31-33-35-37-39-47(51)56-44(42-54-41-40-45(48(52)53)49(3,4)5)43-55-46(50)38-36-34-32-30-28-19-17-15-13-11-9-7-2/h8,10,14-17,20-21,44-45H,6-7,9,11-13,18-19,22-43H2,1-5H3/p+1/b10-8+,16-14+,17-15+,21-20+. The summed E-state index contributed by atoms with van der Waals surface area (Å²) in [5.74, 6) is -1.48. The first-order valence-corrected chi connectivity index (χ1v) is 22.7. The number of likely N-dealkylation sites (N-methyl/N-ethyl adjacent to an activating group) is 1. The summed E-state index contributed by atoms with van der Waals surface area (Å²) < 4.78 is 17.3. The highest BCUT2D eigenvalue weighted by Gasteiger charge is 2.31. The highest BCUT2D eigenvalue weighted by molar-refractivity contribution is 5.72. The summed E-state index contributed by atoms with van der Waals surface area (Å²) in [4.78, 5) is 37.0. The topological polar surface area (TPSA) is 99.1 Å². The van der Waals surface area contributed by atoms with Crippen molar-refractivity contribution in [3.8, 4) is 0 Å². The summed E-state index contributed by atoms with van der Waals surface area (Å²) in [7, 11) is 5.52. The van der Waals surface area contributed by atoms with E-state index in [-0.39, 0.29) is 36.2 Å². The fraction of sp³-hybridized carbons (Fsp3) is 0.771. The molecule has 0 heterocycles. The minimum absolute atomic E-state index is 0.0568. The number of carboxylic acid groups (broad SMARTS) is 1. The van der Waals surface area contributed by atoms with Gasteiger partial charge in [-0.15, -0.1) is 0 Å². The molecule has 0 rings (SSSR count). The van der Waals surface area contributed by atoms with Crippen molar-refractivity contribution in [2.45, 2.75) is 199 Å². The van der Waals surface area contributed by atoms with Gasteiger partial charge in [0.25, 0.3) is 0 Å². The number of carboxylic acids is 1. The summed E-state index contributed by atoms with van der Waals surface area (Å²) in [6.07, 6.45) is 45.8. The number of hydrogen-bond donors (Lipinski definition) is 1. The molecular weight excluding hydrogens is 703 g/mol. The molecule has 8 heteroatoms. The molecule has 56 heavy (non-hydrogen) atoms. The molecule has 0 saturated carbocycles. The monoisotopic (exact) mass is 789 g/mol. The molecule has 0 aromatic rings. The number of nitrogens with zero attached hydrogens (tertiary/aromatic N) is 1. The van der Waals surface area contributed by atoms with Gasteiger partial charge in [0.05, 0.1) is 34.4 Å². The van der Waals surface area contributed by atoms with Crippen molar-refractivity contribution >= 4 is 17.9 Å². The van der Waals surface area contributed by atoms with Gasteiger partial charge in [-0.2, -0.15) is 0 Å². The first-order chi connectivity index (χ1) is 27.1. The molecule has 0 radical (unpaired) electrons. The van der Waals surface area contributed by atoms with Gasteiger partial charge in [-0.05, 0) is 70.6 Å². The zero-order chi connectivity index (χ0) is 41.4. The number of unbranched alkanes of at least 4 members (excludes halogenated alkanes) is 18. The first kappa shape index (κ1) is 53.3. The zero-order valence-corrected chi connectivity index (χ0v) is 36.8. The Morgan fingerprint density at radius 1 is 0.554 bits per heavy atom. The average Bonchev–Trinajstić information content (AvgIpc) is 3.15. The van der Waals surface area contributed by atoms with Crippen LogP contribution in [0.15, 0.2) is 48.6 Å². The number of quaternary nitrogens is 1. The largest absolute Gasteiger partial charge is 0.477 e. The van der Waals surface area contributed by atoms with E-state index in [1.807, 2.05) is 21.1 Å². The second-order valence-electron chi connectivity index (χ2n) is 16.3. The fourth-order valence-corrected chi connectivity index (χ4v) is 6.45. The molecule has 0 bridgehead atoms. The number of ether oxygens (including phenoxy) is 3. The van der Waals surface area contributed by atoms with E-state index in [1.165, 1.54) is 83.5 Å². The third-order valence-electron chi connectivity index (χ3n) is 9.96. The van der Waals surface area contributed by atoms with Crippen molar-refractivity contribution in [3.05, 3.63) is 48.6 Å². The number of hydrogen-bond acceptors (Lipinski definition) is 6. The Kier molecular flexibility index (Phi) is 37.2. The average molecular weight is 789 g/mol. The highest BCUT2D eigenvalue weighted by atomic mass is 16.6. The van der Waals surface area contributed by atoms with Crippen LogP contribution in [0.4, 0.5) is 0 Å². The third kappa shape index (κ3) is 36.9. The lowest BCUT2D eigenvalue weighted by molar-refractivity contribution is -0.887. The molecule has 0 aromatic heterocycles. The van der Waals surface area contributed by atoms with Crippen molar-refractivity contribution < 1.29 is 38.2 Å². The number of aliphatic carboxylic acids is 1.